The molecule has 0 aliphatic carbocycles. The van der Waals surface area contributed by atoms with Crippen LogP contribution in [0.3, 0.4) is 0 Å². The van der Waals surface area contributed by atoms with Crippen LogP contribution >= 0.6 is 0 Å². The Labute approximate surface area is 160 Å². The predicted octanol–water partition coefficient (Wildman–Crippen LogP) is 2.83. The van der Waals surface area contributed by atoms with E-state index in [2.05, 4.69) is 29.5 Å². The summed E-state index contributed by atoms with van der Waals surface area (Å²) >= 11 is 0. The third kappa shape index (κ3) is 3.72. The average Bonchev–Trinajstić information content (AvgIpc) is 2.92. The van der Waals surface area contributed by atoms with E-state index in [0.29, 0.717) is 25.3 Å². The SMILES string of the molecule is COc1ccc(C)cc1C1(CNC(=O)c2c(C)nn(C)c2C)CCOCC1. The van der Waals surface area contributed by atoms with Crippen molar-refractivity contribution in [3.8, 4) is 5.75 Å². The molecule has 27 heavy (non-hydrogen) atoms. The zero-order valence-corrected chi connectivity index (χ0v) is 16.9. The van der Waals surface area contributed by atoms with Gasteiger partial charge in [-0.3, -0.25) is 9.48 Å². The smallest absolute Gasteiger partial charge is 0.255 e. The Bertz CT molecular complexity index is 835. The molecule has 1 saturated heterocycles. The van der Waals surface area contributed by atoms with Crippen molar-refractivity contribution in [2.75, 3.05) is 26.9 Å². The number of methoxy groups -OCH3 is 1. The molecule has 1 aliphatic rings. The largest absolute Gasteiger partial charge is 0.496 e. The lowest BCUT2D eigenvalue weighted by Crippen LogP contribution is -2.45. The van der Waals surface area contributed by atoms with Crippen LogP contribution in [-0.4, -0.2) is 42.6 Å². The first-order chi connectivity index (χ1) is 12.9. The van der Waals surface area contributed by atoms with Gasteiger partial charge in [0.25, 0.3) is 5.91 Å². The van der Waals surface area contributed by atoms with Gasteiger partial charge in [0, 0.05) is 43.5 Å². The highest BCUT2D eigenvalue weighted by Crippen LogP contribution is 2.40. The van der Waals surface area contributed by atoms with Gasteiger partial charge in [-0.1, -0.05) is 17.7 Å². The minimum atomic E-state index is -0.199. The number of carbonyl (C=O) groups excluding carboxylic acids is 1. The molecule has 2 aromatic rings. The van der Waals surface area contributed by atoms with Crippen LogP contribution in [0.1, 0.15) is 45.7 Å². The fraction of sp³-hybridized carbons (Fsp3) is 0.524. The van der Waals surface area contributed by atoms with Gasteiger partial charge in [0.15, 0.2) is 0 Å². The third-order valence-electron chi connectivity index (χ3n) is 5.70. The maximum atomic E-state index is 12.9. The zero-order valence-electron chi connectivity index (χ0n) is 16.9. The highest BCUT2D eigenvalue weighted by atomic mass is 16.5. The van der Waals surface area contributed by atoms with E-state index in [1.165, 1.54) is 5.56 Å². The molecule has 1 amide bonds. The molecule has 1 aromatic heterocycles. The first-order valence-corrected chi connectivity index (χ1v) is 9.39. The van der Waals surface area contributed by atoms with Crippen molar-refractivity contribution in [1.29, 1.82) is 0 Å². The summed E-state index contributed by atoms with van der Waals surface area (Å²) in [7, 11) is 3.55. The molecule has 2 heterocycles. The molecule has 1 fully saturated rings. The first kappa shape index (κ1) is 19.4. The van der Waals surface area contributed by atoms with Crippen molar-refractivity contribution in [3.63, 3.8) is 0 Å². The second-order valence-corrected chi connectivity index (χ2v) is 7.45. The number of hydrogen-bond donors (Lipinski definition) is 1. The Morgan fingerprint density at radius 3 is 2.59 bits per heavy atom. The fourth-order valence-electron chi connectivity index (χ4n) is 3.98. The van der Waals surface area contributed by atoms with E-state index in [9.17, 15) is 4.79 Å². The van der Waals surface area contributed by atoms with Gasteiger partial charge in [0.1, 0.15) is 5.75 Å². The summed E-state index contributed by atoms with van der Waals surface area (Å²) in [5.74, 6) is 0.793. The molecule has 3 rings (SSSR count). The molecule has 0 atom stereocenters. The summed E-state index contributed by atoms with van der Waals surface area (Å²) in [4.78, 5) is 12.9. The monoisotopic (exact) mass is 371 g/mol. The normalized spacial score (nSPS) is 16.2. The number of rotatable bonds is 5. The summed E-state index contributed by atoms with van der Waals surface area (Å²) < 4.78 is 13.0. The van der Waals surface area contributed by atoms with E-state index in [1.54, 1.807) is 11.8 Å². The molecule has 6 nitrogen and oxygen atoms in total. The average molecular weight is 371 g/mol. The standard InChI is InChI=1S/C21H29N3O3/c1-14-6-7-18(26-5)17(12-14)21(8-10-27-11-9-21)13-22-20(25)19-15(2)23-24(4)16(19)3/h6-7,12H,8-11,13H2,1-5H3,(H,22,25). The van der Waals surface area contributed by atoms with Crippen molar-refractivity contribution in [2.24, 2.45) is 7.05 Å². The van der Waals surface area contributed by atoms with Crippen molar-refractivity contribution in [2.45, 2.75) is 39.0 Å². The number of aryl methyl sites for hydroxylation is 3. The van der Waals surface area contributed by atoms with Crippen LogP contribution in [0.4, 0.5) is 0 Å². The maximum absolute atomic E-state index is 12.9. The molecule has 0 radical (unpaired) electrons. The molecule has 6 heteroatoms. The number of carbonyl (C=O) groups is 1. The molecular weight excluding hydrogens is 342 g/mol. The Morgan fingerprint density at radius 2 is 2.00 bits per heavy atom. The number of nitrogens with one attached hydrogen (secondary N) is 1. The molecule has 0 unspecified atom stereocenters. The van der Waals surface area contributed by atoms with Gasteiger partial charge in [-0.2, -0.15) is 5.10 Å². The van der Waals surface area contributed by atoms with Gasteiger partial charge in [0.2, 0.25) is 0 Å². The molecule has 0 bridgehead atoms. The van der Waals surface area contributed by atoms with Crippen LogP contribution in [0.2, 0.25) is 0 Å². The predicted molar refractivity (Wildman–Crippen MR) is 104 cm³/mol. The van der Waals surface area contributed by atoms with Crippen molar-refractivity contribution < 1.29 is 14.3 Å². The second-order valence-electron chi connectivity index (χ2n) is 7.45. The van der Waals surface area contributed by atoms with Gasteiger partial charge in [-0.15, -0.1) is 0 Å². The number of benzene rings is 1. The van der Waals surface area contributed by atoms with Crippen LogP contribution in [0, 0.1) is 20.8 Å². The van der Waals surface area contributed by atoms with Crippen LogP contribution < -0.4 is 10.1 Å². The topological polar surface area (TPSA) is 65.4 Å². The van der Waals surface area contributed by atoms with E-state index in [0.717, 1.165) is 35.5 Å². The number of aromatic nitrogens is 2. The quantitative estimate of drug-likeness (QED) is 0.878. The van der Waals surface area contributed by atoms with Crippen LogP contribution in [-0.2, 0) is 17.2 Å². The minimum Gasteiger partial charge on any atom is -0.496 e. The highest BCUT2D eigenvalue weighted by molar-refractivity contribution is 5.96. The van der Waals surface area contributed by atoms with Crippen LogP contribution in [0.15, 0.2) is 18.2 Å². The van der Waals surface area contributed by atoms with E-state index < -0.39 is 0 Å². The van der Waals surface area contributed by atoms with Crippen LogP contribution in [0.25, 0.3) is 0 Å². The molecule has 0 spiro atoms. The van der Waals surface area contributed by atoms with Gasteiger partial charge in [0.05, 0.1) is 18.4 Å². The molecule has 146 valence electrons. The zero-order chi connectivity index (χ0) is 19.6. The van der Waals surface area contributed by atoms with E-state index in [-0.39, 0.29) is 11.3 Å². The Hall–Kier alpha value is -2.34. The number of amides is 1. The summed E-state index contributed by atoms with van der Waals surface area (Å²) in [5.41, 5.74) is 4.42. The summed E-state index contributed by atoms with van der Waals surface area (Å²) in [5, 5.41) is 7.53. The van der Waals surface area contributed by atoms with Crippen molar-refractivity contribution in [3.05, 3.63) is 46.3 Å². The lowest BCUT2D eigenvalue weighted by atomic mass is 9.73. The highest BCUT2D eigenvalue weighted by Gasteiger charge is 2.37. The summed E-state index contributed by atoms with van der Waals surface area (Å²) in [6.07, 6.45) is 1.69. The number of nitrogens with zero attached hydrogens (tertiary/aromatic N) is 2. The Balaban J connectivity index is 1.90. The second kappa shape index (κ2) is 7.72. The Kier molecular flexibility index (Phi) is 5.56. The van der Waals surface area contributed by atoms with Crippen molar-refractivity contribution in [1.82, 2.24) is 15.1 Å². The number of ether oxygens (including phenoxy) is 2. The van der Waals surface area contributed by atoms with Crippen LogP contribution in [0.5, 0.6) is 5.75 Å². The van der Waals surface area contributed by atoms with E-state index in [1.807, 2.05) is 27.0 Å². The fourth-order valence-corrected chi connectivity index (χ4v) is 3.98. The van der Waals surface area contributed by atoms with Crippen molar-refractivity contribution >= 4 is 5.91 Å². The summed E-state index contributed by atoms with van der Waals surface area (Å²) in [6.45, 7) is 7.77. The van der Waals surface area contributed by atoms with E-state index in [4.69, 9.17) is 9.47 Å². The Morgan fingerprint density at radius 1 is 1.30 bits per heavy atom. The summed E-state index contributed by atoms with van der Waals surface area (Å²) in [6, 6.07) is 6.24. The molecule has 1 aliphatic heterocycles. The number of hydrogen-bond acceptors (Lipinski definition) is 4. The lowest BCUT2D eigenvalue weighted by molar-refractivity contribution is 0.0478. The molecule has 0 saturated carbocycles. The van der Waals surface area contributed by atoms with Gasteiger partial charge >= 0.3 is 0 Å². The molecule has 1 N–H and O–H groups in total. The minimum absolute atomic E-state index is 0.0735. The first-order valence-electron chi connectivity index (χ1n) is 9.39. The molecular formula is C21H29N3O3. The van der Waals surface area contributed by atoms with Gasteiger partial charge in [-0.05, 0) is 39.7 Å². The van der Waals surface area contributed by atoms with E-state index >= 15 is 0 Å². The maximum Gasteiger partial charge on any atom is 0.255 e. The van der Waals surface area contributed by atoms with Gasteiger partial charge < -0.3 is 14.8 Å². The van der Waals surface area contributed by atoms with Gasteiger partial charge in [-0.25, -0.2) is 0 Å². The lowest BCUT2D eigenvalue weighted by Gasteiger charge is -2.38. The third-order valence-corrected chi connectivity index (χ3v) is 5.70. The molecule has 1 aromatic carbocycles.